The van der Waals surface area contributed by atoms with Crippen molar-refractivity contribution >= 4 is 11.8 Å². The second-order valence-corrected chi connectivity index (χ2v) is 9.96. The number of aliphatic hydroxyl groups is 8. The minimum atomic E-state index is -1.75. The topological polar surface area (TPSA) is 238 Å². The lowest BCUT2D eigenvalue weighted by Crippen LogP contribution is -2.61. The van der Waals surface area contributed by atoms with Gasteiger partial charge in [-0.25, -0.2) is 0 Å². The van der Waals surface area contributed by atoms with Crippen LogP contribution in [-0.2, 0) is 19.1 Å². The number of rotatable bonds is 15. The second kappa shape index (κ2) is 16.6. The van der Waals surface area contributed by atoms with Gasteiger partial charge in [0.2, 0.25) is 0 Å². The summed E-state index contributed by atoms with van der Waals surface area (Å²) in [6.07, 6.45) is -6.78. The molecule has 38 heavy (non-hydrogen) atoms. The van der Waals surface area contributed by atoms with Crippen molar-refractivity contribution in [3.63, 3.8) is 0 Å². The minimum absolute atomic E-state index is 0.367. The number of carbonyl (C=O) groups excluding carboxylic acids is 2. The van der Waals surface area contributed by atoms with Crippen LogP contribution in [0.25, 0.3) is 0 Å². The Balaban J connectivity index is 1.40. The Hall–Kier alpha value is -1.46. The van der Waals surface area contributed by atoms with Crippen LogP contribution in [0.3, 0.4) is 0 Å². The molecule has 2 saturated heterocycles. The Morgan fingerprint density at radius 1 is 0.447 bits per heavy atom. The first kappa shape index (κ1) is 32.8. The molecule has 10 atom stereocenters. The number of aliphatic hydroxyl groups excluding tert-OH is 8. The summed E-state index contributed by atoms with van der Waals surface area (Å²) in [6, 6.07) is 0. The molecular formula is C24H44N2O12. The van der Waals surface area contributed by atoms with E-state index in [4.69, 9.17) is 9.47 Å². The molecule has 222 valence electrons. The summed E-state index contributed by atoms with van der Waals surface area (Å²) >= 11 is 0. The van der Waals surface area contributed by atoms with E-state index < -0.39 is 73.2 Å². The van der Waals surface area contributed by atoms with Gasteiger partial charge in [-0.05, 0) is 12.8 Å². The van der Waals surface area contributed by atoms with Crippen LogP contribution in [-0.4, -0.2) is 127 Å². The van der Waals surface area contributed by atoms with Gasteiger partial charge in [0, 0.05) is 13.1 Å². The first-order chi connectivity index (χ1) is 18.1. The Morgan fingerprint density at radius 3 is 1.05 bits per heavy atom. The van der Waals surface area contributed by atoms with Crippen molar-refractivity contribution < 1.29 is 59.9 Å². The molecule has 0 unspecified atom stereocenters. The average Bonchev–Trinajstić information content (AvgIpc) is 2.90. The summed E-state index contributed by atoms with van der Waals surface area (Å²) in [4.78, 5) is 24.2. The highest BCUT2D eigenvalue weighted by Gasteiger charge is 2.47. The van der Waals surface area contributed by atoms with E-state index in [0.29, 0.717) is 13.1 Å². The van der Waals surface area contributed by atoms with Gasteiger partial charge in [-0.1, -0.05) is 51.4 Å². The summed E-state index contributed by atoms with van der Waals surface area (Å²) in [6.45, 7) is 0.733. The molecular weight excluding hydrogens is 508 g/mol. The van der Waals surface area contributed by atoms with Crippen LogP contribution in [0, 0.1) is 0 Å². The third-order valence-corrected chi connectivity index (χ3v) is 6.90. The maximum atomic E-state index is 12.1. The Morgan fingerprint density at radius 2 is 0.737 bits per heavy atom. The third kappa shape index (κ3) is 9.62. The molecule has 2 fully saturated rings. The van der Waals surface area contributed by atoms with E-state index in [9.17, 15) is 50.4 Å². The van der Waals surface area contributed by atoms with E-state index in [1.54, 1.807) is 0 Å². The fourth-order valence-corrected chi connectivity index (χ4v) is 4.44. The predicted molar refractivity (Wildman–Crippen MR) is 130 cm³/mol. The van der Waals surface area contributed by atoms with E-state index in [1.165, 1.54) is 0 Å². The zero-order valence-electron chi connectivity index (χ0n) is 21.5. The standard InChI is InChI=1S/C24H44N2O12/c27-13-15(29)19(37-23(35)17(13)31)21(33)25-11-9-7-5-3-1-2-4-6-8-10-12-26-22(34)20-16(30)14(28)18(32)24(36)38-20/h13-20,23-24,27-32,35-36H,1-12H2,(H,25,33)(H,26,34)/t13-,14-,15+,16+,17+,18+,19-,20-,23-,24-/m0/s1. The minimum Gasteiger partial charge on any atom is -0.387 e. The average molecular weight is 553 g/mol. The van der Waals surface area contributed by atoms with Crippen LogP contribution in [0.2, 0.25) is 0 Å². The Labute approximate surface area is 221 Å². The Bertz CT molecular complexity index is 658. The molecule has 2 aliphatic heterocycles. The molecule has 0 aromatic rings. The normalized spacial score (nSPS) is 35.6. The van der Waals surface area contributed by atoms with Crippen molar-refractivity contribution in [1.82, 2.24) is 10.6 Å². The smallest absolute Gasteiger partial charge is 0.252 e. The number of nitrogens with one attached hydrogen (secondary N) is 2. The van der Waals surface area contributed by atoms with Crippen molar-refractivity contribution in [2.75, 3.05) is 13.1 Å². The molecule has 0 saturated carbocycles. The fraction of sp³-hybridized carbons (Fsp3) is 0.917. The predicted octanol–water partition coefficient (Wildman–Crippen LogP) is -3.28. The Kier molecular flexibility index (Phi) is 14.3. The van der Waals surface area contributed by atoms with Gasteiger partial charge in [0.05, 0.1) is 0 Å². The number of hydrogen-bond donors (Lipinski definition) is 10. The summed E-state index contributed by atoms with van der Waals surface area (Å²) in [7, 11) is 0. The van der Waals surface area contributed by atoms with Crippen LogP contribution >= 0.6 is 0 Å². The van der Waals surface area contributed by atoms with Crippen molar-refractivity contribution in [1.29, 1.82) is 0 Å². The van der Waals surface area contributed by atoms with E-state index in [0.717, 1.165) is 64.2 Å². The zero-order valence-corrected chi connectivity index (χ0v) is 21.5. The maximum Gasteiger partial charge on any atom is 0.252 e. The van der Waals surface area contributed by atoms with Gasteiger partial charge in [-0.15, -0.1) is 0 Å². The molecule has 14 nitrogen and oxygen atoms in total. The monoisotopic (exact) mass is 552 g/mol. The molecule has 2 aliphatic rings. The number of ether oxygens (including phenoxy) is 2. The lowest BCUT2D eigenvalue weighted by molar-refractivity contribution is -0.275. The van der Waals surface area contributed by atoms with Gasteiger partial charge < -0.3 is 61.0 Å². The number of carbonyl (C=O) groups is 2. The first-order valence-electron chi connectivity index (χ1n) is 13.4. The molecule has 0 bridgehead atoms. The molecule has 10 N–H and O–H groups in total. The third-order valence-electron chi connectivity index (χ3n) is 6.90. The van der Waals surface area contributed by atoms with Crippen LogP contribution in [0.1, 0.15) is 64.2 Å². The van der Waals surface area contributed by atoms with Gasteiger partial charge in [-0.3, -0.25) is 9.59 Å². The van der Waals surface area contributed by atoms with Crippen LogP contribution in [0.4, 0.5) is 0 Å². The molecule has 2 amide bonds. The molecule has 0 spiro atoms. The van der Waals surface area contributed by atoms with E-state index >= 15 is 0 Å². The highest BCUT2D eigenvalue weighted by atomic mass is 16.6. The highest BCUT2D eigenvalue weighted by Crippen LogP contribution is 2.21. The summed E-state index contributed by atoms with van der Waals surface area (Å²) < 4.78 is 9.77. The van der Waals surface area contributed by atoms with Crippen molar-refractivity contribution in [2.45, 2.75) is 126 Å². The molecule has 0 radical (unpaired) electrons. The first-order valence-corrected chi connectivity index (χ1v) is 13.4. The van der Waals surface area contributed by atoms with Gasteiger partial charge in [0.15, 0.2) is 24.8 Å². The largest absolute Gasteiger partial charge is 0.387 e. The van der Waals surface area contributed by atoms with Gasteiger partial charge >= 0.3 is 0 Å². The quantitative estimate of drug-likeness (QED) is 0.0900. The van der Waals surface area contributed by atoms with Crippen molar-refractivity contribution in [3.8, 4) is 0 Å². The van der Waals surface area contributed by atoms with E-state index in [2.05, 4.69) is 10.6 Å². The van der Waals surface area contributed by atoms with Crippen LogP contribution in [0.15, 0.2) is 0 Å². The van der Waals surface area contributed by atoms with Gasteiger partial charge in [0.1, 0.15) is 36.6 Å². The van der Waals surface area contributed by atoms with Gasteiger partial charge in [0.25, 0.3) is 11.8 Å². The number of unbranched alkanes of at least 4 members (excludes halogenated alkanes) is 9. The second-order valence-electron chi connectivity index (χ2n) is 9.96. The molecule has 2 rings (SSSR count). The summed E-state index contributed by atoms with van der Waals surface area (Å²) in [5.74, 6) is -1.31. The lowest BCUT2D eigenvalue weighted by atomic mass is 9.98. The molecule has 2 heterocycles. The molecule has 0 aliphatic carbocycles. The summed E-state index contributed by atoms with van der Waals surface area (Å²) in [5.41, 5.74) is 0. The van der Waals surface area contributed by atoms with E-state index in [-0.39, 0.29) is 0 Å². The molecule has 0 aromatic heterocycles. The summed E-state index contributed by atoms with van der Waals surface area (Å²) in [5, 5.41) is 82.1. The zero-order chi connectivity index (χ0) is 28.2. The molecule has 0 aromatic carbocycles. The number of hydrogen-bond acceptors (Lipinski definition) is 12. The fourth-order valence-electron chi connectivity index (χ4n) is 4.44. The van der Waals surface area contributed by atoms with Crippen molar-refractivity contribution in [3.05, 3.63) is 0 Å². The highest BCUT2D eigenvalue weighted by molar-refractivity contribution is 5.82. The van der Waals surface area contributed by atoms with Crippen LogP contribution in [0.5, 0.6) is 0 Å². The van der Waals surface area contributed by atoms with Crippen LogP contribution < -0.4 is 10.6 Å². The van der Waals surface area contributed by atoms with Gasteiger partial charge in [-0.2, -0.15) is 0 Å². The number of amides is 2. The maximum absolute atomic E-state index is 12.1. The van der Waals surface area contributed by atoms with Crippen molar-refractivity contribution in [2.24, 2.45) is 0 Å². The molecule has 14 heteroatoms. The SMILES string of the molecule is O=C(NCCCCCCCCCCCCNC(=O)[C@H]1O[C@H](O)[C@H](O)[C@@H](O)[C@H]1O)[C@H]1O[C@H](O)[C@H](O)[C@@H](O)[C@H]1O. The van der Waals surface area contributed by atoms with E-state index in [1.807, 2.05) is 0 Å². The lowest BCUT2D eigenvalue weighted by Gasteiger charge is -2.37.